The minimum atomic E-state index is -0.234. The summed E-state index contributed by atoms with van der Waals surface area (Å²) in [4.78, 5) is 4.13. The number of aromatic nitrogens is 1. The van der Waals surface area contributed by atoms with Gasteiger partial charge in [0.2, 0.25) is 5.88 Å². The van der Waals surface area contributed by atoms with Crippen LogP contribution in [0.2, 0.25) is 0 Å². The fourth-order valence-electron chi connectivity index (χ4n) is 2.00. The molecule has 1 unspecified atom stereocenters. The fourth-order valence-corrected chi connectivity index (χ4v) is 2.33. The second kappa shape index (κ2) is 6.81. The van der Waals surface area contributed by atoms with E-state index in [1.165, 1.54) is 6.07 Å². The lowest BCUT2D eigenvalue weighted by molar-refractivity contribution is 0.397. The van der Waals surface area contributed by atoms with Crippen molar-refractivity contribution >= 4 is 15.9 Å². The molecule has 3 nitrogen and oxygen atoms in total. The van der Waals surface area contributed by atoms with Gasteiger partial charge >= 0.3 is 0 Å². The Bertz CT molecular complexity index is 575. The van der Waals surface area contributed by atoms with Crippen LogP contribution in [0.25, 0.3) is 0 Å². The van der Waals surface area contributed by atoms with E-state index in [0.717, 1.165) is 10.0 Å². The zero-order valence-electron chi connectivity index (χ0n) is 11.1. The van der Waals surface area contributed by atoms with Crippen molar-refractivity contribution in [2.45, 2.75) is 18.9 Å². The Kier molecular flexibility index (Phi) is 5.09. The molecule has 0 bridgehead atoms. The third kappa shape index (κ3) is 4.02. The third-order valence-corrected chi connectivity index (χ3v) is 3.50. The zero-order chi connectivity index (χ0) is 14.5. The molecule has 0 spiro atoms. The summed E-state index contributed by atoms with van der Waals surface area (Å²) in [6, 6.07) is 8.59. The van der Waals surface area contributed by atoms with Gasteiger partial charge in [0.1, 0.15) is 5.82 Å². The highest BCUT2D eigenvalue weighted by Crippen LogP contribution is 2.17. The molecule has 106 valence electrons. The molecule has 1 atom stereocenters. The highest BCUT2D eigenvalue weighted by Gasteiger charge is 2.10. The molecule has 1 aromatic carbocycles. The first-order chi connectivity index (χ1) is 9.58. The smallest absolute Gasteiger partial charge is 0.212 e. The van der Waals surface area contributed by atoms with Gasteiger partial charge in [-0.2, -0.15) is 0 Å². The molecule has 0 fully saturated rings. The van der Waals surface area contributed by atoms with E-state index >= 15 is 0 Å². The van der Waals surface area contributed by atoms with Gasteiger partial charge in [-0.1, -0.05) is 28.1 Å². The van der Waals surface area contributed by atoms with Crippen LogP contribution in [0.4, 0.5) is 4.39 Å². The van der Waals surface area contributed by atoms with Gasteiger partial charge in [0.15, 0.2) is 0 Å². The predicted molar refractivity (Wildman–Crippen MR) is 80.3 cm³/mol. The van der Waals surface area contributed by atoms with Crippen LogP contribution in [-0.2, 0) is 12.8 Å². The average Bonchev–Trinajstić information content (AvgIpc) is 2.43. The van der Waals surface area contributed by atoms with E-state index in [0.29, 0.717) is 24.3 Å². The van der Waals surface area contributed by atoms with Gasteiger partial charge in [-0.15, -0.1) is 0 Å². The normalized spacial score (nSPS) is 12.2. The molecular weight excluding hydrogens is 323 g/mol. The number of benzene rings is 1. The molecule has 0 saturated heterocycles. The zero-order valence-corrected chi connectivity index (χ0v) is 12.7. The van der Waals surface area contributed by atoms with Crippen molar-refractivity contribution in [1.29, 1.82) is 0 Å². The molecule has 20 heavy (non-hydrogen) atoms. The Morgan fingerprint density at radius 2 is 2.10 bits per heavy atom. The summed E-state index contributed by atoms with van der Waals surface area (Å²) in [7, 11) is 1.57. The van der Waals surface area contributed by atoms with Crippen molar-refractivity contribution in [2.75, 3.05) is 7.11 Å². The Morgan fingerprint density at radius 3 is 2.70 bits per heavy atom. The number of nitrogens with zero attached hydrogens (tertiary/aromatic N) is 1. The summed E-state index contributed by atoms with van der Waals surface area (Å²) in [5.41, 5.74) is 7.71. The second-order valence-electron chi connectivity index (χ2n) is 4.61. The second-order valence-corrected chi connectivity index (χ2v) is 5.53. The van der Waals surface area contributed by atoms with Gasteiger partial charge in [-0.3, -0.25) is 0 Å². The van der Waals surface area contributed by atoms with E-state index < -0.39 is 0 Å². The number of hydrogen-bond donors (Lipinski definition) is 1. The van der Waals surface area contributed by atoms with Gasteiger partial charge in [0.25, 0.3) is 0 Å². The average molecular weight is 339 g/mol. The van der Waals surface area contributed by atoms with Crippen molar-refractivity contribution in [2.24, 2.45) is 5.73 Å². The molecule has 2 N–H and O–H groups in total. The van der Waals surface area contributed by atoms with E-state index in [2.05, 4.69) is 20.9 Å². The summed E-state index contributed by atoms with van der Waals surface area (Å²) < 4.78 is 19.5. The van der Waals surface area contributed by atoms with Crippen molar-refractivity contribution in [1.82, 2.24) is 4.98 Å². The van der Waals surface area contributed by atoms with Gasteiger partial charge in [-0.05, 0) is 36.1 Å². The van der Waals surface area contributed by atoms with Gasteiger partial charge in [-0.25, -0.2) is 9.37 Å². The molecule has 0 aliphatic rings. The molecule has 0 radical (unpaired) electrons. The van der Waals surface area contributed by atoms with Crippen molar-refractivity contribution in [3.63, 3.8) is 0 Å². The maximum atomic E-state index is 13.7. The minimum absolute atomic E-state index is 0.152. The molecule has 1 aromatic heterocycles. The molecule has 1 heterocycles. The number of methoxy groups -OCH3 is 1. The van der Waals surface area contributed by atoms with Crippen LogP contribution in [0, 0.1) is 5.82 Å². The maximum Gasteiger partial charge on any atom is 0.212 e. The molecule has 0 aliphatic carbocycles. The Labute approximate surface area is 126 Å². The lowest BCUT2D eigenvalue weighted by Gasteiger charge is -2.12. The molecule has 2 aromatic rings. The van der Waals surface area contributed by atoms with E-state index in [-0.39, 0.29) is 11.9 Å². The number of rotatable bonds is 5. The monoisotopic (exact) mass is 338 g/mol. The number of nitrogens with two attached hydrogens (primary N) is 1. The first-order valence-electron chi connectivity index (χ1n) is 6.27. The van der Waals surface area contributed by atoms with Crippen molar-refractivity contribution in [3.8, 4) is 5.88 Å². The molecule has 0 amide bonds. The predicted octanol–water partition coefficient (Wildman–Crippen LogP) is 3.10. The third-order valence-electron chi connectivity index (χ3n) is 3.00. The highest BCUT2D eigenvalue weighted by molar-refractivity contribution is 9.10. The summed E-state index contributed by atoms with van der Waals surface area (Å²) in [6.07, 6.45) is 2.87. The number of halogens is 2. The van der Waals surface area contributed by atoms with Crippen LogP contribution in [0.15, 0.2) is 41.0 Å². The lowest BCUT2D eigenvalue weighted by atomic mass is 10.0. The Hall–Kier alpha value is -1.46. The van der Waals surface area contributed by atoms with E-state index in [4.69, 9.17) is 10.5 Å². The van der Waals surface area contributed by atoms with Crippen LogP contribution in [-0.4, -0.2) is 18.1 Å². The van der Waals surface area contributed by atoms with Gasteiger partial charge in [0.05, 0.1) is 7.11 Å². The largest absolute Gasteiger partial charge is 0.481 e. The molecule has 2 rings (SSSR count). The van der Waals surface area contributed by atoms with Gasteiger partial charge < -0.3 is 10.5 Å². The molecule has 5 heteroatoms. The van der Waals surface area contributed by atoms with Gasteiger partial charge in [0, 0.05) is 22.8 Å². The topological polar surface area (TPSA) is 48.1 Å². The van der Waals surface area contributed by atoms with Crippen LogP contribution < -0.4 is 10.5 Å². The lowest BCUT2D eigenvalue weighted by Crippen LogP contribution is -2.26. The molecular formula is C15H16BrFN2O. The summed E-state index contributed by atoms with van der Waals surface area (Å²) >= 11 is 3.24. The van der Waals surface area contributed by atoms with E-state index in [1.54, 1.807) is 25.4 Å². The van der Waals surface area contributed by atoms with E-state index in [1.807, 2.05) is 12.1 Å². The Morgan fingerprint density at radius 1 is 1.30 bits per heavy atom. The quantitative estimate of drug-likeness (QED) is 0.911. The summed E-state index contributed by atoms with van der Waals surface area (Å²) in [5, 5.41) is 0. The van der Waals surface area contributed by atoms with Crippen LogP contribution in [0.1, 0.15) is 11.1 Å². The maximum absolute atomic E-state index is 13.7. The number of hydrogen-bond acceptors (Lipinski definition) is 3. The first-order valence-corrected chi connectivity index (χ1v) is 7.06. The molecule has 0 aliphatic heterocycles. The van der Waals surface area contributed by atoms with E-state index in [9.17, 15) is 4.39 Å². The SMILES string of the molecule is COc1ccc(CC(N)Cc2ccc(Br)cc2F)cn1. The summed E-state index contributed by atoms with van der Waals surface area (Å²) in [5.74, 6) is 0.337. The highest BCUT2D eigenvalue weighted by atomic mass is 79.9. The minimum Gasteiger partial charge on any atom is -0.481 e. The Balaban J connectivity index is 1.99. The number of pyridine rings is 1. The first kappa shape index (κ1) is 14.9. The van der Waals surface area contributed by atoms with Crippen molar-refractivity contribution < 1.29 is 9.13 Å². The number of ether oxygens (including phenoxy) is 1. The van der Waals surface area contributed by atoms with Crippen LogP contribution in [0.3, 0.4) is 0 Å². The standard InChI is InChI=1S/C15H16BrFN2O/c1-20-15-5-2-10(9-19-15)6-13(18)7-11-3-4-12(16)8-14(11)17/h2-5,8-9,13H,6-7,18H2,1H3. The van der Waals surface area contributed by atoms with Crippen LogP contribution >= 0.6 is 15.9 Å². The van der Waals surface area contributed by atoms with Crippen LogP contribution in [0.5, 0.6) is 5.88 Å². The van der Waals surface area contributed by atoms with Crippen molar-refractivity contribution in [3.05, 3.63) is 57.9 Å². The molecule has 0 saturated carbocycles. The fraction of sp³-hybridized carbons (Fsp3) is 0.267. The summed E-state index contributed by atoms with van der Waals surface area (Å²) in [6.45, 7) is 0.